The molecule has 3 nitrogen and oxygen atoms in total. The van der Waals surface area contributed by atoms with Crippen molar-refractivity contribution < 1.29 is 4.79 Å². The summed E-state index contributed by atoms with van der Waals surface area (Å²) in [7, 11) is 0. The summed E-state index contributed by atoms with van der Waals surface area (Å²) in [4.78, 5) is 15.0. The van der Waals surface area contributed by atoms with E-state index in [9.17, 15) is 4.79 Å². The van der Waals surface area contributed by atoms with E-state index in [4.69, 9.17) is 23.2 Å². The molecular weight excluding hydrogens is 367 g/mol. The molecule has 0 radical (unpaired) electrons. The highest BCUT2D eigenvalue weighted by Crippen LogP contribution is 2.22. The van der Waals surface area contributed by atoms with Crippen molar-refractivity contribution >= 4 is 29.1 Å². The summed E-state index contributed by atoms with van der Waals surface area (Å²) in [6.07, 6.45) is 1.98. The molecule has 0 bridgehead atoms. The monoisotopic (exact) mass is 390 g/mol. The van der Waals surface area contributed by atoms with E-state index in [2.05, 4.69) is 41.4 Å². The summed E-state index contributed by atoms with van der Waals surface area (Å²) in [5, 5.41) is 4.21. The molecule has 0 aromatic heterocycles. The quantitative estimate of drug-likeness (QED) is 0.792. The molecule has 2 aromatic rings. The average Bonchev–Trinajstić information content (AvgIpc) is 2.63. The van der Waals surface area contributed by atoms with Crippen molar-refractivity contribution in [2.24, 2.45) is 5.92 Å². The number of aryl methyl sites for hydroxylation is 1. The predicted molar refractivity (Wildman–Crippen MR) is 107 cm³/mol. The van der Waals surface area contributed by atoms with Crippen LogP contribution in [0.25, 0.3) is 0 Å². The first kappa shape index (κ1) is 19.2. The van der Waals surface area contributed by atoms with Crippen LogP contribution in [0, 0.1) is 12.8 Å². The normalized spacial score (nSPS) is 17.9. The number of piperidine rings is 1. The van der Waals surface area contributed by atoms with Crippen molar-refractivity contribution in [3.05, 3.63) is 69.2 Å². The zero-order valence-electron chi connectivity index (χ0n) is 15.0. The van der Waals surface area contributed by atoms with Crippen LogP contribution in [0.2, 0.25) is 10.0 Å². The largest absolute Gasteiger partial charge is 0.352 e. The predicted octanol–water partition coefficient (Wildman–Crippen LogP) is 4.83. The summed E-state index contributed by atoms with van der Waals surface area (Å²) in [5.41, 5.74) is 3.45. The second kappa shape index (κ2) is 8.90. The molecule has 1 fully saturated rings. The van der Waals surface area contributed by atoms with Gasteiger partial charge in [0.05, 0.1) is 5.92 Å². The van der Waals surface area contributed by atoms with Crippen molar-refractivity contribution in [3.63, 3.8) is 0 Å². The number of benzene rings is 2. The van der Waals surface area contributed by atoms with Gasteiger partial charge in [0.15, 0.2) is 0 Å². The fraction of sp³-hybridized carbons (Fsp3) is 0.381. The second-order valence-electron chi connectivity index (χ2n) is 7.01. The van der Waals surface area contributed by atoms with Gasteiger partial charge in [-0.05, 0) is 49.6 Å². The Bertz CT molecular complexity index is 761. The highest BCUT2D eigenvalue weighted by molar-refractivity contribution is 6.35. The molecule has 1 aliphatic rings. The Balaban J connectivity index is 1.53. The molecule has 26 heavy (non-hydrogen) atoms. The van der Waals surface area contributed by atoms with Gasteiger partial charge in [-0.2, -0.15) is 0 Å². The minimum absolute atomic E-state index is 0.0280. The van der Waals surface area contributed by atoms with Crippen molar-refractivity contribution in [1.29, 1.82) is 0 Å². The first-order valence-electron chi connectivity index (χ1n) is 9.01. The Morgan fingerprint density at radius 3 is 2.69 bits per heavy atom. The number of carbonyl (C=O) groups is 1. The Morgan fingerprint density at radius 1 is 1.19 bits per heavy atom. The van der Waals surface area contributed by atoms with Gasteiger partial charge in [-0.1, -0.05) is 59.1 Å². The third kappa shape index (κ3) is 5.23. The minimum atomic E-state index is 0.0280. The van der Waals surface area contributed by atoms with Crippen LogP contribution in [0.1, 0.15) is 29.5 Å². The molecule has 0 aliphatic carbocycles. The number of amides is 1. The maximum atomic E-state index is 12.6. The van der Waals surface area contributed by atoms with Gasteiger partial charge in [0.1, 0.15) is 0 Å². The van der Waals surface area contributed by atoms with Crippen molar-refractivity contribution in [1.82, 2.24) is 10.2 Å². The van der Waals surface area contributed by atoms with Gasteiger partial charge in [0.2, 0.25) is 5.91 Å². The number of halogens is 2. The molecule has 5 heteroatoms. The Labute approximate surface area is 165 Å². The maximum absolute atomic E-state index is 12.6. The highest BCUT2D eigenvalue weighted by Gasteiger charge is 2.25. The van der Waals surface area contributed by atoms with Gasteiger partial charge in [0.25, 0.3) is 0 Å². The van der Waals surface area contributed by atoms with E-state index in [-0.39, 0.29) is 11.8 Å². The Hall–Kier alpha value is -1.55. The lowest BCUT2D eigenvalue weighted by molar-refractivity contribution is -0.126. The summed E-state index contributed by atoms with van der Waals surface area (Å²) >= 11 is 12.1. The zero-order chi connectivity index (χ0) is 18.5. The van der Waals surface area contributed by atoms with E-state index in [1.807, 2.05) is 6.07 Å². The van der Waals surface area contributed by atoms with E-state index in [1.54, 1.807) is 12.1 Å². The molecule has 138 valence electrons. The van der Waals surface area contributed by atoms with Gasteiger partial charge in [-0.15, -0.1) is 0 Å². The van der Waals surface area contributed by atoms with Gasteiger partial charge < -0.3 is 5.32 Å². The smallest absolute Gasteiger partial charge is 0.224 e. The first-order chi connectivity index (χ1) is 12.5. The van der Waals surface area contributed by atoms with Gasteiger partial charge in [-0.25, -0.2) is 0 Å². The van der Waals surface area contributed by atoms with Crippen molar-refractivity contribution in [2.45, 2.75) is 32.9 Å². The van der Waals surface area contributed by atoms with Crippen LogP contribution < -0.4 is 5.32 Å². The molecule has 0 saturated carbocycles. The molecule has 3 rings (SSSR count). The van der Waals surface area contributed by atoms with E-state index in [1.165, 1.54) is 11.1 Å². The van der Waals surface area contributed by atoms with Gasteiger partial charge in [-0.3, -0.25) is 9.69 Å². The van der Waals surface area contributed by atoms with Crippen LogP contribution in [0.5, 0.6) is 0 Å². The van der Waals surface area contributed by atoms with E-state index in [0.29, 0.717) is 16.6 Å². The van der Waals surface area contributed by atoms with E-state index >= 15 is 0 Å². The first-order valence-corrected chi connectivity index (χ1v) is 9.76. The lowest BCUT2D eigenvalue weighted by Gasteiger charge is -2.32. The van der Waals surface area contributed by atoms with Crippen LogP contribution >= 0.6 is 23.2 Å². The summed E-state index contributed by atoms with van der Waals surface area (Å²) in [6, 6.07) is 14.0. The number of rotatable bonds is 5. The van der Waals surface area contributed by atoms with Crippen molar-refractivity contribution in [3.8, 4) is 0 Å². The molecule has 0 spiro atoms. The van der Waals surface area contributed by atoms with Crippen LogP contribution in [0.15, 0.2) is 42.5 Å². The molecule has 1 N–H and O–H groups in total. The highest BCUT2D eigenvalue weighted by atomic mass is 35.5. The summed E-state index contributed by atoms with van der Waals surface area (Å²) in [5.74, 6) is 0.130. The fourth-order valence-electron chi connectivity index (χ4n) is 3.36. The van der Waals surface area contributed by atoms with E-state index < -0.39 is 0 Å². The summed E-state index contributed by atoms with van der Waals surface area (Å²) in [6.45, 7) is 5.27. The molecular formula is C21H24Cl2N2O. The van der Waals surface area contributed by atoms with Crippen LogP contribution in [0.3, 0.4) is 0 Å². The molecule has 1 heterocycles. The minimum Gasteiger partial charge on any atom is -0.352 e. The average molecular weight is 391 g/mol. The number of nitrogens with zero attached hydrogens (tertiary/aromatic N) is 1. The molecule has 2 aromatic carbocycles. The third-order valence-electron chi connectivity index (χ3n) is 4.87. The Morgan fingerprint density at radius 2 is 1.96 bits per heavy atom. The number of hydrogen-bond donors (Lipinski definition) is 1. The second-order valence-corrected chi connectivity index (χ2v) is 7.86. The number of nitrogens with one attached hydrogen (secondary N) is 1. The molecule has 1 aliphatic heterocycles. The Kier molecular flexibility index (Phi) is 6.58. The number of carbonyl (C=O) groups excluding carboxylic acids is 1. The van der Waals surface area contributed by atoms with E-state index in [0.717, 1.165) is 38.0 Å². The topological polar surface area (TPSA) is 32.3 Å². The molecule has 1 atom stereocenters. The maximum Gasteiger partial charge on any atom is 0.224 e. The lowest BCUT2D eigenvalue weighted by atomic mass is 9.96. The van der Waals surface area contributed by atoms with Gasteiger partial charge in [0, 0.05) is 29.7 Å². The standard InChI is InChI=1S/C21H24Cl2N2O/c1-15-4-6-16(7-5-15)13-25-10-2-3-18(14-25)21(26)24-12-17-8-9-19(22)11-20(17)23/h4-9,11,18H,2-3,10,12-14H2,1H3,(H,24,26). The van der Waals surface area contributed by atoms with Gasteiger partial charge >= 0.3 is 0 Å². The number of likely N-dealkylation sites (tertiary alicyclic amines) is 1. The summed E-state index contributed by atoms with van der Waals surface area (Å²) < 4.78 is 0. The number of hydrogen-bond acceptors (Lipinski definition) is 2. The van der Waals surface area contributed by atoms with Crippen LogP contribution in [-0.2, 0) is 17.9 Å². The lowest BCUT2D eigenvalue weighted by Crippen LogP contribution is -2.42. The molecule has 1 saturated heterocycles. The zero-order valence-corrected chi connectivity index (χ0v) is 16.5. The van der Waals surface area contributed by atoms with Crippen LogP contribution in [-0.4, -0.2) is 23.9 Å². The SMILES string of the molecule is Cc1ccc(CN2CCCC(C(=O)NCc3ccc(Cl)cc3Cl)C2)cc1. The van der Waals surface area contributed by atoms with Crippen molar-refractivity contribution in [2.75, 3.05) is 13.1 Å². The molecule has 1 unspecified atom stereocenters. The fourth-order valence-corrected chi connectivity index (χ4v) is 3.83. The molecule has 1 amide bonds. The van der Waals surface area contributed by atoms with Crippen LogP contribution in [0.4, 0.5) is 0 Å². The third-order valence-corrected chi connectivity index (χ3v) is 5.46.